The quantitative estimate of drug-likeness (QED) is 0.610. The number of hydrogen-bond donors (Lipinski definition) is 2. The van der Waals surface area contributed by atoms with Gasteiger partial charge in [0.1, 0.15) is 11.6 Å². The fraction of sp³-hybridized carbons (Fsp3) is 0.333. The smallest absolute Gasteiger partial charge is 0.338 e. The summed E-state index contributed by atoms with van der Waals surface area (Å²) >= 11 is 0. The molecule has 32 heavy (non-hydrogen) atoms. The Morgan fingerprint density at radius 1 is 0.906 bits per heavy atom. The summed E-state index contributed by atoms with van der Waals surface area (Å²) in [5.41, 5.74) is 0.911. The summed E-state index contributed by atoms with van der Waals surface area (Å²) in [6, 6.07) is 14.1. The number of amides is 2. The molecular formula is C24H28N2O6. The van der Waals surface area contributed by atoms with E-state index in [9.17, 15) is 19.2 Å². The molecule has 1 atom stereocenters. The molecule has 2 aromatic rings. The van der Waals surface area contributed by atoms with Gasteiger partial charge in [-0.3, -0.25) is 9.59 Å². The lowest BCUT2D eigenvalue weighted by Gasteiger charge is -2.20. The predicted octanol–water partition coefficient (Wildman–Crippen LogP) is 2.27. The topological polar surface area (TPSA) is 111 Å². The fourth-order valence-corrected chi connectivity index (χ4v) is 2.78. The summed E-state index contributed by atoms with van der Waals surface area (Å²) in [6.07, 6.45) is 0.152. The molecule has 8 heteroatoms. The molecule has 0 fully saturated rings. The Morgan fingerprint density at radius 2 is 1.53 bits per heavy atom. The highest BCUT2D eigenvalue weighted by atomic mass is 16.6. The maximum absolute atomic E-state index is 12.3. The number of nitrogens with one attached hydrogen (secondary N) is 2. The molecule has 0 saturated carbocycles. The average molecular weight is 440 g/mol. The largest absolute Gasteiger partial charge is 0.467 e. The molecule has 8 nitrogen and oxygen atoms in total. The third-order valence-electron chi connectivity index (χ3n) is 4.29. The first-order chi connectivity index (χ1) is 15.1. The monoisotopic (exact) mass is 440 g/mol. The van der Waals surface area contributed by atoms with Crippen LogP contribution in [-0.2, 0) is 25.5 Å². The molecule has 0 aliphatic rings. The first kappa shape index (κ1) is 24.6. The van der Waals surface area contributed by atoms with Gasteiger partial charge in [0, 0.05) is 12.0 Å². The molecule has 0 spiro atoms. The molecule has 2 rings (SSSR count). The maximum Gasteiger partial charge on any atom is 0.338 e. The van der Waals surface area contributed by atoms with Gasteiger partial charge in [-0.2, -0.15) is 0 Å². The number of hydrogen-bond acceptors (Lipinski definition) is 6. The van der Waals surface area contributed by atoms with Gasteiger partial charge in [-0.1, -0.05) is 30.3 Å². The highest BCUT2D eigenvalue weighted by Gasteiger charge is 2.23. The van der Waals surface area contributed by atoms with Gasteiger partial charge in [0.2, 0.25) is 5.91 Å². The third kappa shape index (κ3) is 7.86. The van der Waals surface area contributed by atoms with Crippen molar-refractivity contribution in [3.8, 4) is 0 Å². The van der Waals surface area contributed by atoms with Crippen molar-refractivity contribution < 1.29 is 28.7 Å². The normalized spacial score (nSPS) is 11.8. The maximum atomic E-state index is 12.3. The number of carbonyl (C=O) groups excluding carboxylic acids is 4. The molecule has 0 unspecified atom stereocenters. The second kappa shape index (κ2) is 11.1. The Balaban J connectivity index is 1.96. The van der Waals surface area contributed by atoms with E-state index in [1.165, 1.54) is 7.11 Å². The van der Waals surface area contributed by atoms with E-state index < -0.39 is 35.4 Å². The zero-order valence-corrected chi connectivity index (χ0v) is 18.6. The molecule has 2 aromatic carbocycles. The number of ether oxygens (including phenoxy) is 2. The summed E-state index contributed by atoms with van der Waals surface area (Å²) < 4.78 is 10.1. The summed E-state index contributed by atoms with van der Waals surface area (Å²) in [7, 11) is 1.23. The van der Waals surface area contributed by atoms with Crippen LogP contribution in [0.25, 0.3) is 0 Å². The fourth-order valence-electron chi connectivity index (χ4n) is 2.78. The van der Waals surface area contributed by atoms with Crippen molar-refractivity contribution in [1.82, 2.24) is 10.6 Å². The second-order valence-electron chi connectivity index (χ2n) is 8.09. The highest BCUT2D eigenvalue weighted by Crippen LogP contribution is 2.14. The number of rotatable bonds is 8. The van der Waals surface area contributed by atoms with Gasteiger partial charge in [0.25, 0.3) is 5.91 Å². The van der Waals surface area contributed by atoms with Crippen molar-refractivity contribution in [3.05, 3.63) is 71.3 Å². The Bertz CT molecular complexity index is 949. The Kier molecular flexibility index (Phi) is 8.52. The Morgan fingerprint density at radius 3 is 2.09 bits per heavy atom. The van der Waals surface area contributed by atoms with Gasteiger partial charge >= 0.3 is 11.9 Å². The van der Waals surface area contributed by atoms with Crippen molar-refractivity contribution in [1.29, 1.82) is 0 Å². The van der Waals surface area contributed by atoms with E-state index >= 15 is 0 Å². The molecule has 170 valence electrons. The van der Waals surface area contributed by atoms with E-state index in [0.717, 1.165) is 0 Å². The van der Waals surface area contributed by atoms with Crippen LogP contribution in [0.4, 0.5) is 0 Å². The molecular weight excluding hydrogens is 412 g/mol. The minimum absolute atomic E-state index is 0.152. The number of carbonyl (C=O) groups is 4. The predicted molar refractivity (Wildman–Crippen MR) is 118 cm³/mol. The number of esters is 2. The molecule has 0 aliphatic carbocycles. The summed E-state index contributed by atoms with van der Waals surface area (Å²) in [5, 5.41) is 5.08. The summed E-state index contributed by atoms with van der Waals surface area (Å²) in [6.45, 7) is 5.06. The zero-order valence-electron chi connectivity index (χ0n) is 18.6. The minimum atomic E-state index is -0.950. The molecule has 0 aliphatic heterocycles. The lowest BCUT2D eigenvalue weighted by Crippen LogP contribution is -2.47. The van der Waals surface area contributed by atoms with Crippen LogP contribution in [0.5, 0.6) is 0 Å². The second-order valence-corrected chi connectivity index (χ2v) is 8.09. The first-order valence-corrected chi connectivity index (χ1v) is 10.1. The van der Waals surface area contributed by atoms with Gasteiger partial charge in [-0.25, -0.2) is 9.59 Å². The molecule has 0 bridgehead atoms. The minimum Gasteiger partial charge on any atom is -0.467 e. The van der Waals surface area contributed by atoms with Crippen molar-refractivity contribution in [2.45, 2.75) is 38.8 Å². The van der Waals surface area contributed by atoms with Crippen LogP contribution < -0.4 is 10.6 Å². The van der Waals surface area contributed by atoms with E-state index in [2.05, 4.69) is 10.6 Å². The van der Waals surface area contributed by atoms with Crippen molar-refractivity contribution in [2.24, 2.45) is 0 Å². The van der Waals surface area contributed by atoms with Crippen LogP contribution in [-0.4, -0.2) is 49.1 Å². The molecule has 2 amide bonds. The van der Waals surface area contributed by atoms with Gasteiger partial charge < -0.3 is 20.1 Å². The van der Waals surface area contributed by atoms with Crippen molar-refractivity contribution >= 4 is 23.8 Å². The molecule has 0 heterocycles. The lowest BCUT2D eigenvalue weighted by atomic mass is 10.0. The summed E-state index contributed by atoms with van der Waals surface area (Å²) in [5.74, 6) is -2.00. The van der Waals surface area contributed by atoms with Crippen LogP contribution in [0.1, 0.15) is 47.1 Å². The van der Waals surface area contributed by atoms with Crippen LogP contribution >= 0.6 is 0 Å². The van der Waals surface area contributed by atoms with Crippen LogP contribution in [0.2, 0.25) is 0 Å². The van der Waals surface area contributed by atoms with Crippen LogP contribution in [0.15, 0.2) is 54.6 Å². The van der Waals surface area contributed by atoms with Crippen LogP contribution in [0.3, 0.4) is 0 Å². The Labute approximate surface area is 187 Å². The average Bonchev–Trinajstić information content (AvgIpc) is 2.76. The first-order valence-electron chi connectivity index (χ1n) is 10.1. The summed E-state index contributed by atoms with van der Waals surface area (Å²) in [4.78, 5) is 48.6. The van der Waals surface area contributed by atoms with E-state index in [1.54, 1.807) is 75.4 Å². The molecule has 2 N–H and O–H groups in total. The lowest BCUT2D eigenvalue weighted by molar-refractivity contribution is -0.144. The number of methoxy groups -OCH3 is 1. The molecule has 0 aromatic heterocycles. The highest BCUT2D eigenvalue weighted by molar-refractivity contribution is 5.96. The number of benzene rings is 2. The molecule has 0 radical (unpaired) electrons. The standard InChI is InChI=1S/C24H28N2O6/c1-24(2,3)32-22(29)18-12-10-16(11-13-18)14-19(23(30)31-4)26-20(27)15-25-21(28)17-8-6-5-7-9-17/h5-13,19H,14-15H2,1-4H3,(H,25,28)(H,26,27)/t19-/m1/s1. The SMILES string of the molecule is COC(=O)[C@@H](Cc1ccc(C(=O)OC(C)(C)C)cc1)NC(=O)CNC(=O)c1ccccc1. The van der Waals surface area contributed by atoms with E-state index in [-0.39, 0.29) is 13.0 Å². The van der Waals surface area contributed by atoms with Gasteiger partial charge in [0.15, 0.2) is 0 Å². The van der Waals surface area contributed by atoms with Gasteiger partial charge in [-0.15, -0.1) is 0 Å². The van der Waals surface area contributed by atoms with E-state index in [0.29, 0.717) is 16.7 Å². The van der Waals surface area contributed by atoms with Crippen molar-refractivity contribution in [3.63, 3.8) is 0 Å². The van der Waals surface area contributed by atoms with Gasteiger partial charge in [-0.05, 0) is 50.6 Å². The zero-order chi connectivity index (χ0) is 23.7. The van der Waals surface area contributed by atoms with Crippen molar-refractivity contribution in [2.75, 3.05) is 13.7 Å². The van der Waals surface area contributed by atoms with E-state index in [4.69, 9.17) is 9.47 Å². The molecule has 0 saturated heterocycles. The van der Waals surface area contributed by atoms with E-state index in [1.807, 2.05) is 0 Å². The Hall–Kier alpha value is -3.68. The third-order valence-corrected chi connectivity index (χ3v) is 4.29. The van der Waals surface area contributed by atoms with Gasteiger partial charge in [0.05, 0.1) is 19.2 Å². The van der Waals surface area contributed by atoms with Crippen LogP contribution in [0, 0.1) is 0 Å².